The molecule has 0 amide bonds. The molecule has 0 heterocycles. The van der Waals surface area contributed by atoms with Crippen molar-refractivity contribution in [2.24, 2.45) is 0 Å². The fraction of sp³-hybridized carbons (Fsp3) is 1.00. The second-order valence-corrected chi connectivity index (χ2v) is 2.48. The SMILES string of the molecule is OC[C@@H](O)[C@@H](O)[C@H](O)[C@@H](O)CO.[BiH3]. The van der Waals surface area contributed by atoms with Gasteiger partial charge in [-0.15, -0.1) is 0 Å². The van der Waals surface area contributed by atoms with Gasteiger partial charge >= 0.3 is 26.2 Å². The fourth-order valence-corrected chi connectivity index (χ4v) is 0.671. The molecule has 0 aliphatic carbocycles. The third-order valence-corrected chi connectivity index (χ3v) is 1.51. The first-order valence-electron chi connectivity index (χ1n) is 3.48. The standard InChI is InChI=1S/C6H14O6.Bi.3H/c7-1-3(9)5(11)6(12)4(10)2-8;;;;/h3-12H,1-2H2;;;;/t3-,4+,5-,6-;;;;/m1..../s1. The molecule has 0 aliphatic rings. The van der Waals surface area contributed by atoms with E-state index >= 15 is 0 Å². The van der Waals surface area contributed by atoms with Crippen LogP contribution in [0.1, 0.15) is 0 Å². The molecule has 0 bridgehead atoms. The van der Waals surface area contributed by atoms with Gasteiger partial charge in [0.15, 0.2) is 0 Å². The van der Waals surface area contributed by atoms with E-state index in [0.717, 1.165) is 0 Å². The first-order chi connectivity index (χ1) is 5.54. The zero-order chi connectivity index (χ0) is 9.72. The molecule has 0 rings (SSSR count). The van der Waals surface area contributed by atoms with Crippen molar-refractivity contribution in [2.75, 3.05) is 13.2 Å². The molecule has 6 N–H and O–H groups in total. The Morgan fingerprint density at radius 3 is 1.08 bits per heavy atom. The van der Waals surface area contributed by atoms with Gasteiger partial charge in [-0.2, -0.15) is 0 Å². The van der Waals surface area contributed by atoms with Gasteiger partial charge in [0.05, 0.1) is 13.2 Å². The molecule has 0 aromatic rings. The monoisotopic (exact) mass is 394 g/mol. The van der Waals surface area contributed by atoms with Crippen LogP contribution in [0.15, 0.2) is 0 Å². The van der Waals surface area contributed by atoms with E-state index in [1.54, 1.807) is 0 Å². The summed E-state index contributed by atoms with van der Waals surface area (Å²) in [6, 6.07) is 0. The Kier molecular flexibility index (Phi) is 9.89. The van der Waals surface area contributed by atoms with Crippen molar-refractivity contribution in [2.45, 2.75) is 24.4 Å². The zero-order valence-electron chi connectivity index (χ0n) is 7.11. The van der Waals surface area contributed by atoms with E-state index in [1.807, 2.05) is 0 Å². The van der Waals surface area contributed by atoms with Crippen molar-refractivity contribution in [3.8, 4) is 0 Å². The molecule has 7 heteroatoms. The average molecular weight is 394 g/mol. The number of aliphatic hydroxyl groups excluding tert-OH is 6. The van der Waals surface area contributed by atoms with E-state index in [0.29, 0.717) is 0 Å². The molecule has 13 heavy (non-hydrogen) atoms. The fourth-order valence-electron chi connectivity index (χ4n) is 0.671. The summed E-state index contributed by atoms with van der Waals surface area (Å²) >= 11 is 0. The van der Waals surface area contributed by atoms with Gasteiger partial charge in [0.1, 0.15) is 24.4 Å². The predicted octanol–water partition coefficient (Wildman–Crippen LogP) is -4.77. The third-order valence-electron chi connectivity index (χ3n) is 1.51. The van der Waals surface area contributed by atoms with Gasteiger partial charge in [0.2, 0.25) is 0 Å². The van der Waals surface area contributed by atoms with E-state index in [2.05, 4.69) is 0 Å². The molecule has 0 aliphatic heterocycles. The second-order valence-electron chi connectivity index (χ2n) is 2.48. The van der Waals surface area contributed by atoms with Crippen LogP contribution in [0.3, 0.4) is 0 Å². The zero-order valence-corrected chi connectivity index (χ0v) is 12.6. The van der Waals surface area contributed by atoms with Crippen molar-refractivity contribution in [3.05, 3.63) is 0 Å². The van der Waals surface area contributed by atoms with E-state index in [-0.39, 0.29) is 26.2 Å². The topological polar surface area (TPSA) is 121 Å². The van der Waals surface area contributed by atoms with Crippen LogP contribution in [0.2, 0.25) is 0 Å². The molecule has 0 radical (unpaired) electrons. The Labute approximate surface area is 94.6 Å². The summed E-state index contributed by atoms with van der Waals surface area (Å²) in [5.41, 5.74) is 0. The normalized spacial score (nSPS) is 19.8. The van der Waals surface area contributed by atoms with Crippen molar-refractivity contribution >= 4 is 26.2 Å². The molecule has 4 atom stereocenters. The van der Waals surface area contributed by atoms with E-state index in [1.165, 1.54) is 0 Å². The summed E-state index contributed by atoms with van der Waals surface area (Å²) < 4.78 is 0. The molecule has 0 aromatic heterocycles. The Hall–Kier alpha value is 0.643. The Morgan fingerprint density at radius 1 is 0.692 bits per heavy atom. The van der Waals surface area contributed by atoms with Crippen LogP contribution in [0.5, 0.6) is 0 Å². The molecule has 0 unspecified atom stereocenters. The molecular formula is C6H17BiO6. The van der Waals surface area contributed by atoms with Crippen LogP contribution in [0, 0.1) is 0 Å². The van der Waals surface area contributed by atoms with Gasteiger partial charge in [-0.3, -0.25) is 0 Å². The quantitative estimate of drug-likeness (QED) is 0.261. The van der Waals surface area contributed by atoms with Gasteiger partial charge in [-0.05, 0) is 0 Å². The number of aliphatic hydroxyl groups is 6. The van der Waals surface area contributed by atoms with E-state index in [9.17, 15) is 0 Å². The summed E-state index contributed by atoms with van der Waals surface area (Å²) in [6.45, 7) is -1.45. The summed E-state index contributed by atoms with van der Waals surface area (Å²) in [5.74, 6) is 0. The van der Waals surface area contributed by atoms with Crippen LogP contribution in [-0.2, 0) is 0 Å². The van der Waals surface area contributed by atoms with Gasteiger partial charge in [0, 0.05) is 0 Å². The Balaban J connectivity index is 0. The summed E-state index contributed by atoms with van der Waals surface area (Å²) in [5, 5.41) is 52.2. The first kappa shape index (κ1) is 16.1. The first-order valence-corrected chi connectivity index (χ1v) is 3.48. The van der Waals surface area contributed by atoms with Crippen LogP contribution in [0.25, 0.3) is 0 Å². The summed E-state index contributed by atoms with van der Waals surface area (Å²) in [6.07, 6.45) is -6.39. The van der Waals surface area contributed by atoms with Gasteiger partial charge in [-0.25, -0.2) is 0 Å². The minimum absolute atomic E-state index is 0. The molecule has 0 saturated heterocycles. The van der Waals surface area contributed by atoms with Crippen molar-refractivity contribution < 1.29 is 30.6 Å². The number of hydrogen-bond donors (Lipinski definition) is 6. The molecular weight excluding hydrogens is 377 g/mol. The molecule has 6 nitrogen and oxygen atoms in total. The summed E-state index contributed by atoms with van der Waals surface area (Å²) in [4.78, 5) is 0. The molecule has 0 aromatic carbocycles. The summed E-state index contributed by atoms with van der Waals surface area (Å²) in [7, 11) is 0. The predicted molar refractivity (Wildman–Crippen MR) is 48.1 cm³/mol. The van der Waals surface area contributed by atoms with Crippen LogP contribution < -0.4 is 0 Å². The Morgan fingerprint density at radius 2 is 0.923 bits per heavy atom. The minimum atomic E-state index is -1.67. The van der Waals surface area contributed by atoms with Gasteiger partial charge < -0.3 is 30.6 Å². The third kappa shape index (κ3) is 5.17. The molecule has 0 fully saturated rings. The maximum absolute atomic E-state index is 8.96. The van der Waals surface area contributed by atoms with Crippen LogP contribution in [0.4, 0.5) is 0 Å². The molecule has 0 spiro atoms. The molecule has 82 valence electrons. The number of rotatable bonds is 5. The van der Waals surface area contributed by atoms with Gasteiger partial charge in [0.25, 0.3) is 0 Å². The van der Waals surface area contributed by atoms with Crippen LogP contribution in [-0.4, -0.2) is 94.5 Å². The Bertz CT molecular complexity index is 110. The second kappa shape index (κ2) is 7.99. The van der Waals surface area contributed by atoms with E-state index in [4.69, 9.17) is 30.6 Å². The van der Waals surface area contributed by atoms with Crippen molar-refractivity contribution in [1.82, 2.24) is 0 Å². The van der Waals surface area contributed by atoms with Crippen molar-refractivity contribution in [1.29, 1.82) is 0 Å². The van der Waals surface area contributed by atoms with E-state index < -0.39 is 37.6 Å². The maximum atomic E-state index is 8.96. The average Bonchev–Trinajstić information content (AvgIpc) is 2.12. The van der Waals surface area contributed by atoms with Crippen molar-refractivity contribution in [3.63, 3.8) is 0 Å². The number of hydrogen-bond acceptors (Lipinski definition) is 6. The van der Waals surface area contributed by atoms with Crippen LogP contribution >= 0.6 is 0 Å². The van der Waals surface area contributed by atoms with Gasteiger partial charge in [-0.1, -0.05) is 0 Å². The molecule has 0 saturated carbocycles.